The molecule has 1 amide bonds. The number of ether oxygens (including phenoxy) is 1. The molecule has 1 aromatic rings. The number of carbonyl (C=O) groups excluding carboxylic acids is 1. The molecule has 0 radical (unpaired) electrons. The normalized spacial score (nSPS) is 24.4. The number of aliphatic carboxylic acids is 1. The van der Waals surface area contributed by atoms with Crippen LogP contribution in [0, 0.1) is 5.92 Å². The van der Waals surface area contributed by atoms with E-state index in [4.69, 9.17) is 9.84 Å². The average Bonchev–Trinajstić information content (AvgIpc) is 3.05. The second kappa shape index (κ2) is 5.25. The average molecular weight is 275 g/mol. The van der Waals surface area contributed by atoms with Gasteiger partial charge in [-0.3, -0.25) is 9.59 Å². The quantitative estimate of drug-likeness (QED) is 0.863. The molecule has 1 aliphatic carbocycles. The van der Waals surface area contributed by atoms with Gasteiger partial charge < -0.3 is 15.2 Å². The Kier molecular flexibility index (Phi) is 3.44. The van der Waals surface area contributed by atoms with Crippen LogP contribution in [0.15, 0.2) is 18.2 Å². The fourth-order valence-electron chi connectivity index (χ4n) is 2.90. The van der Waals surface area contributed by atoms with Crippen LogP contribution in [-0.2, 0) is 22.4 Å². The van der Waals surface area contributed by atoms with Gasteiger partial charge in [0.25, 0.3) is 5.91 Å². The van der Waals surface area contributed by atoms with Crippen molar-refractivity contribution in [1.82, 2.24) is 5.32 Å². The van der Waals surface area contributed by atoms with Gasteiger partial charge in [0.1, 0.15) is 5.92 Å². The van der Waals surface area contributed by atoms with Gasteiger partial charge in [0.05, 0.1) is 19.3 Å². The highest BCUT2D eigenvalue weighted by Crippen LogP contribution is 2.23. The predicted molar refractivity (Wildman–Crippen MR) is 71.7 cm³/mol. The summed E-state index contributed by atoms with van der Waals surface area (Å²) < 4.78 is 5.15. The highest BCUT2D eigenvalue weighted by atomic mass is 16.5. The number of benzene rings is 1. The van der Waals surface area contributed by atoms with Crippen LogP contribution >= 0.6 is 0 Å². The molecule has 0 bridgehead atoms. The maximum atomic E-state index is 12.2. The monoisotopic (exact) mass is 275 g/mol. The largest absolute Gasteiger partial charge is 0.481 e. The molecule has 2 unspecified atom stereocenters. The van der Waals surface area contributed by atoms with Gasteiger partial charge in [-0.05, 0) is 42.5 Å². The number of aryl methyl sites for hydroxylation is 2. The lowest BCUT2D eigenvalue weighted by Crippen LogP contribution is -2.42. The minimum atomic E-state index is -0.929. The first-order chi connectivity index (χ1) is 9.65. The minimum Gasteiger partial charge on any atom is -0.481 e. The summed E-state index contributed by atoms with van der Waals surface area (Å²) in [5.41, 5.74) is 3.14. The van der Waals surface area contributed by atoms with E-state index < -0.39 is 17.9 Å². The summed E-state index contributed by atoms with van der Waals surface area (Å²) in [6.07, 6.45) is 3.23. The number of fused-ring (bicyclic) bond motifs is 1. The van der Waals surface area contributed by atoms with Crippen LogP contribution in [0.5, 0.6) is 0 Å². The van der Waals surface area contributed by atoms with Gasteiger partial charge in [-0.1, -0.05) is 6.07 Å². The summed E-state index contributed by atoms with van der Waals surface area (Å²) in [5.74, 6) is -1.81. The van der Waals surface area contributed by atoms with E-state index >= 15 is 0 Å². The van der Waals surface area contributed by atoms with Crippen LogP contribution in [0.1, 0.15) is 27.9 Å². The Labute approximate surface area is 116 Å². The summed E-state index contributed by atoms with van der Waals surface area (Å²) in [4.78, 5) is 23.3. The summed E-state index contributed by atoms with van der Waals surface area (Å²) in [5, 5.41) is 11.8. The zero-order valence-electron chi connectivity index (χ0n) is 11.1. The van der Waals surface area contributed by atoms with E-state index in [1.165, 1.54) is 11.1 Å². The summed E-state index contributed by atoms with van der Waals surface area (Å²) >= 11 is 0. The molecular weight excluding hydrogens is 258 g/mol. The number of carbonyl (C=O) groups is 2. The van der Waals surface area contributed by atoms with Gasteiger partial charge in [0.2, 0.25) is 0 Å². The molecule has 1 heterocycles. The molecule has 1 aliphatic heterocycles. The summed E-state index contributed by atoms with van der Waals surface area (Å²) in [7, 11) is 0. The Bertz CT molecular complexity index is 555. The first-order valence-corrected chi connectivity index (χ1v) is 6.88. The molecule has 5 nitrogen and oxygen atoms in total. The van der Waals surface area contributed by atoms with Crippen LogP contribution in [0.2, 0.25) is 0 Å². The van der Waals surface area contributed by atoms with Crippen molar-refractivity contribution in [2.45, 2.75) is 25.3 Å². The molecule has 0 aromatic heterocycles. The van der Waals surface area contributed by atoms with E-state index in [9.17, 15) is 9.59 Å². The third-order valence-corrected chi connectivity index (χ3v) is 4.07. The van der Waals surface area contributed by atoms with Gasteiger partial charge in [0, 0.05) is 5.56 Å². The standard InChI is InChI=1S/C15H17NO4/c17-14(16-13-8-20-7-12(13)15(18)19)11-5-4-9-2-1-3-10(9)6-11/h4-6,12-13H,1-3,7-8H2,(H,16,17)(H,18,19). The van der Waals surface area contributed by atoms with Crippen molar-refractivity contribution in [3.05, 3.63) is 34.9 Å². The van der Waals surface area contributed by atoms with Crippen molar-refractivity contribution >= 4 is 11.9 Å². The minimum absolute atomic E-state index is 0.157. The van der Waals surface area contributed by atoms with Crippen LogP contribution in [0.4, 0.5) is 0 Å². The number of amides is 1. The Morgan fingerprint density at radius 3 is 2.80 bits per heavy atom. The molecule has 5 heteroatoms. The van der Waals surface area contributed by atoms with Crippen molar-refractivity contribution in [2.24, 2.45) is 5.92 Å². The summed E-state index contributed by atoms with van der Waals surface area (Å²) in [6.45, 7) is 0.415. The van der Waals surface area contributed by atoms with Crippen LogP contribution in [0.25, 0.3) is 0 Å². The number of nitrogens with one attached hydrogen (secondary N) is 1. The predicted octanol–water partition coefficient (Wildman–Crippen LogP) is 1.00. The smallest absolute Gasteiger partial charge is 0.311 e. The third kappa shape index (κ3) is 2.41. The molecule has 1 fully saturated rings. The van der Waals surface area contributed by atoms with Gasteiger partial charge in [0.15, 0.2) is 0 Å². The number of hydrogen-bond acceptors (Lipinski definition) is 3. The molecule has 1 aromatic carbocycles. The van der Waals surface area contributed by atoms with Crippen molar-refractivity contribution in [3.8, 4) is 0 Å². The van der Waals surface area contributed by atoms with E-state index in [2.05, 4.69) is 5.32 Å². The van der Waals surface area contributed by atoms with E-state index in [0.717, 1.165) is 19.3 Å². The van der Waals surface area contributed by atoms with Crippen LogP contribution in [-0.4, -0.2) is 36.2 Å². The summed E-state index contributed by atoms with van der Waals surface area (Å²) in [6, 6.07) is 5.28. The van der Waals surface area contributed by atoms with E-state index in [1.54, 1.807) is 0 Å². The molecule has 2 atom stereocenters. The third-order valence-electron chi connectivity index (χ3n) is 4.07. The maximum absolute atomic E-state index is 12.2. The van der Waals surface area contributed by atoms with Crippen LogP contribution < -0.4 is 5.32 Å². The molecule has 1 saturated heterocycles. The molecule has 3 rings (SSSR count). The van der Waals surface area contributed by atoms with Gasteiger partial charge >= 0.3 is 5.97 Å². The zero-order valence-corrected chi connectivity index (χ0v) is 11.1. The molecule has 2 aliphatic rings. The Balaban J connectivity index is 1.71. The number of rotatable bonds is 3. The fraction of sp³-hybridized carbons (Fsp3) is 0.467. The molecule has 20 heavy (non-hydrogen) atoms. The molecule has 0 saturated carbocycles. The van der Waals surface area contributed by atoms with Crippen molar-refractivity contribution in [2.75, 3.05) is 13.2 Å². The SMILES string of the molecule is O=C(NC1COCC1C(=O)O)c1ccc2c(c1)CCC2. The molecule has 106 valence electrons. The van der Waals surface area contributed by atoms with Crippen LogP contribution in [0.3, 0.4) is 0 Å². The lowest BCUT2D eigenvalue weighted by atomic mass is 10.0. The van der Waals surface area contributed by atoms with Crippen molar-refractivity contribution < 1.29 is 19.4 Å². The molecule has 0 spiro atoms. The lowest BCUT2D eigenvalue weighted by molar-refractivity contribution is -0.142. The van der Waals surface area contributed by atoms with Gasteiger partial charge in [-0.15, -0.1) is 0 Å². The maximum Gasteiger partial charge on any atom is 0.311 e. The zero-order chi connectivity index (χ0) is 14.1. The number of carboxylic acid groups (broad SMARTS) is 1. The first-order valence-electron chi connectivity index (χ1n) is 6.88. The second-order valence-electron chi connectivity index (χ2n) is 5.40. The highest BCUT2D eigenvalue weighted by Gasteiger charge is 2.35. The van der Waals surface area contributed by atoms with Gasteiger partial charge in [-0.25, -0.2) is 0 Å². The Morgan fingerprint density at radius 1 is 1.20 bits per heavy atom. The van der Waals surface area contributed by atoms with E-state index in [-0.39, 0.29) is 19.1 Å². The van der Waals surface area contributed by atoms with Gasteiger partial charge in [-0.2, -0.15) is 0 Å². The Hall–Kier alpha value is -1.88. The Morgan fingerprint density at radius 2 is 2.00 bits per heavy atom. The second-order valence-corrected chi connectivity index (χ2v) is 5.40. The van der Waals surface area contributed by atoms with Crippen molar-refractivity contribution in [3.63, 3.8) is 0 Å². The molecular formula is C15H17NO4. The highest BCUT2D eigenvalue weighted by molar-refractivity contribution is 5.95. The number of carboxylic acids is 1. The topological polar surface area (TPSA) is 75.6 Å². The lowest BCUT2D eigenvalue weighted by Gasteiger charge is -2.16. The van der Waals surface area contributed by atoms with E-state index in [0.29, 0.717) is 5.56 Å². The van der Waals surface area contributed by atoms with Crippen molar-refractivity contribution in [1.29, 1.82) is 0 Å². The van der Waals surface area contributed by atoms with E-state index in [1.807, 2.05) is 18.2 Å². The number of hydrogen-bond donors (Lipinski definition) is 2. The first kappa shape index (κ1) is 13.1. The molecule has 2 N–H and O–H groups in total. The fourth-order valence-corrected chi connectivity index (χ4v) is 2.90.